The molecule has 0 saturated carbocycles. The van der Waals surface area contributed by atoms with Crippen LogP contribution in [0.1, 0.15) is 63.0 Å². The molecule has 1 aliphatic carbocycles. The fraction of sp³-hybridized carbons (Fsp3) is 0.379. The number of hydrogen-bond acceptors (Lipinski definition) is 8. The second-order valence-electron chi connectivity index (χ2n) is 9.72. The van der Waals surface area contributed by atoms with Crippen LogP contribution in [0.2, 0.25) is 5.02 Å². The molecule has 0 spiro atoms. The molecule has 1 aliphatic heterocycles. The van der Waals surface area contributed by atoms with E-state index in [1.165, 1.54) is 12.1 Å². The minimum absolute atomic E-state index is 0.0280. The first-order chi connectivity index (χ1) is 18.6. The molecule has 1 heterocycles. The molecule has 2 aliphatic rings. The van der Waals surface area contributed by atoms with Crippen LogP contribution in [0.3, 0.4) is 0 Å². The molecule has 0 aromatic heterocycles. The molecule has 0 saturated heterocycles. The fourth-order valence-corrected chi connectivity index (χ4v) is 5.35. The van der Waals surface area contributed by atoms with Gasteiger partial charge < -0.3 is 19.5 Å². The number of Topliss-reactive ketones (excluding diaryl/α,β-unsaturated/α-hetero) is 1. The third kappa shape index (κ3) is 5.49. The summed E-state index contributed by atoms with van der Waals surface area (Å²) in [5.41, 5.74) is 2.91. The van der Waals surface area contributed by atoms with Crippen molar-refractivity contribution in [3.63, 3.8) is 0 Å². The summed E-state index contributed by atoms with van der Waals surface area (Å²) >= 11 is 6.09. The Morgan fingerprint density at radius 1 is 1.13 bits per heavy atom. The molecular formula is C29H31ClN2O7. The molecule has 9 nitrogen and oxygen atoms in total. The first-order valence-electron chi connectivity index (χ1n) is 12.7. The summed E-state index contributed by atoms with van der Waals surface area (Å²) in [6, 6.07) is 9.95. The van der Waals surface area contributed by atoms with Crippen LogP contribution in [0.15, 0.2) is 58.9 Å². The molecule has 10 heteroatoms. The number of nitrogens with zero attached hydrogens (tertiary/aromatic N) is 1. The maximum atomic E-state index is 13.8. The summed E-state index contributed by atoms with van der Waals surface area (Å²) in [6.45, 7) is 5.44. The van der Waals surface area contributed by atoms with Gasteiger partial charge in [-0.1, -0.05) is 30.7 Å². The van der Waals surface area contributed by atoms with Crippen molar-refractivity contribution in [1.29, 1.82) is 0 Å². The van der Waals surface area contributed by atoms with Crippen LogP contribution < -0.4 is 14.8 Å². The Labute approximate surface area is 231 Å². The highest BCUT2D eigenvalue weighted by atomic mass is 35.5. The second-order valence-corrected chi connectivity index (χ2v) is 10.1. The van der Waals surface area contributed by atoms with E-state index in [1.54, 1.807) is 40.2 Å². The van der Waals surface area contributed by atoms with Crippen molar-refractivity contribution < 1.29 is 28.7 Å². The lowest BCUT2D eigenvalue weighted by molar-refractivity contribution is -0.384. The van der Waals surface area contributed by atoms with Gasteiger partial charge in [0.05, 0.1) is 30.8 Å². The number of rotatable bonds is 8. The van der Waals surface area contributed by atoms with E-state index < -0.39 is 16.8 Å². The van der Waals surface area contributed by atoms with E-state index in [0.717, 1.165) is 5.56 Å². The number of ketones is 1. The van der Waals surface area contributed by atoms with E-state index in [-0.39, 0.29) is 40.5 Å². The summed E-state index contributed by atoms with van der Waals surface area (Å²) < 4.78 is 16.5. The van der Waals surface area contributed by atoms with Gasteiger partial charge in [-0.15, -0.1) is 0 Å². The van der Waals surface area contributed by atoms with Gasteiger partial charge in [-0.3, -0.25) is 14.9 Å². The van der Waals surface area contributed by atoms with Crippen LogP contribution in [0.25, 0.3) is 0 Å². The Morgan fingerprint density at radius 2 is 1.82 bits per heavy atom. The second kappa shape index (κ2) is 11.5. The monoisotopic (exact) mass is 554 g/mol. The Balaban J connectivity index is 1.82. The number of halogens is 1. The van der Waals surface area contributed by atoms with Crippen molar-refractivity contribution in [2.24, 2.45) is 0 Å². The fourth-order valence-electron chi connectivity index (χ4n) is 5.16. The number of benzene rings is 2. The number of carbonyl (C=O) groups is 2. The zero-order chi connectivity index (χ0) is 28.4. The number of carbonyl (C=O) groups excluding carboxylic acids is 2. The van der Waals surface area contributed by atoms with Gasteiger partial charge in [-0.25, -0.2) is 4.79 Å². The standard InChI is InChI=1S/C29H31ClN2O7/c1-6-15(2)39-29(34)26-16(3)31-21-11-19(17-8-10-24(37-4)25(14-17)38-5)13-23(33)28(21)27(26)18-7-9-20(30)22(12-18)32(35)36/h7-10,12,14-15,19,27,31H,6,11,13H2,1-5H3/t15-,19-,27+/m0/s1. The van der Waals surface area contributed by atoms with Gasteiger partial charge in [0, 0.05) is 35.4 Å². The largest absolute Gasteiger partial charge is 0.493 e. The van der Waals surface area contributed by atoms with E-state index in [1.807, 2.05) is 19.1 Å². The number of esters is 1. The lowest BCUT2D eigenvalue weighted by Crippen LogP contribution is -2.36. The summed E-state index contributed by atoms with van der Waals surface area (Å²) in [7, 11) is 3.12. The number of hydrogen-bond donors (Lipinski definition) is 1. The number of nitro groups is 1. The molecule has 0 fully saturated rings. The van der Waals surface area contributed by atoms with Gasteiger partial charge in [-0.2, -0.15) is 0 Å². The number of methoxy groups -OCH3 is 2. The Kier molecular flexibility index (Phi) is 8.30. The average molecular weight is 555 g/mol. The molecule has 4 rings (SSSR count). The number of allylic oxidation sites excluding steroid dienone is 3. The van der Waals surface area contributed by atoms with Gasteiger partial charge in [0.25, 0.3) is 5.69 Å². The van der Waals surface area contributed by atoms with Crippen LogP contribution in [-0.4, -0.2) is 37.0 Å². The molecule has 39 heavy (non-hydrogen) atoms. The van der Waals surface area contributed by atoms with Crippen molar-refractivity contribution in [2.45, 2.75) is 58.0 Å². The quantitative estimate of drug-likeness (QED) is 0.241. The highest BCUT2D eigenvalue weighted by molar-refractivity contribution is 6.32. The minimum atomic E-state index is -0.840. The van der Waals surface area contributed by atoms with Crippen LogP contribution in [-0.2, 0) is 14.3 Å². The summed E-state index contributed by atoms with van der Waals surface area (Å²) in [5.74, 6) is -0.563. The Bertz CT molecular complexity index is 1400. The van der Waals surface area contributed by atoms with Crippen molar-refractivity contribution in [1.82, 2.24) is 5.32 Å². The third-order valence-corrected chi connectivity index (χ3v) is 7.63. The van der Waals surface area contributed by atoms with Crippen LogP contribution in [0.5, 0.6) is 11.5 Å². The minimum Gasteiger partial charge on any atom is -0.493 e. The zero-order valence-electron chi connectivity index (χ0n) is 22.5. The molecule has 3 atom stereocenters. The van der Waals surface area contributed by atoms with Gasteiger partial charge in [0.15, 0.2) is 17.3 Å². The van der Waals surface area contributed by atoms with Crippen LogP contribution in [0, 0.1) is 10.1 Å². The number of ether oxygens (including phenoxy) is 3. The third-order valence-electron chi connectivity index (χ3n) is 7.31. The first-order valence-corrected chi connectivity index (χ1v) is 13.1. The zero-order valence-corrected chi connectivity index (χ0v) is 23.3. The van der Waals surface area contributed by atoms with Crippen molar-refractivity contribution in [3.8, 4) is 11.5 Å². The first kappa shape index (κ1) is 28.2. The predicted molar refractivity (Wildman–Crippen MR) is 146 cm³/mol. The van der Waals surface area contributed by atoms with Crippen molar-refractivity contribution in [2.75, 3.05) is 14.2 Å². The lowest BCUT2D eigenvalue weighted by atomic mass is 9.71. The molecule has 2 aromatic carbocycles. The van der Waals surface area contributed by atoms with Gasteiger partial charge in [0.2, 0.25) is 0 Å². The number of nitrogens with one attached hydrogen (secondary N) is 1. The van der Waals surface area contributed by atoms with Crippen LogP contribution in [0.4, 0.5) is 5.69 Å². The molecule has 0 unspecified atom stereocenters. The maximum Gasteiger partial charge on any atom is 0.337 e. The average Bonchev–Trinajstić information content (AvgIpc) is 2.91. The van der Waals surface area contributed by atoms with E-state index >= 15 is 0 Å². The molecule has 0 bridgehead atoms. The Hall–Kier alpha value is -3.85. The number of nitro benzene ring substituents is 1. The molecular weight excluding hydrogens is 524 g/mol. The summed E-state index contributed by atoms with van der Waals surface area (Å²) in [6.07, 6.45) is 0.954. The van der Waals surface area contributed by atoms with E-state index in [4.69, 9.17) is 25.8 Å². The van der Waals surface area contributed by atoms with E-state index in [9.17, 15) is 19.7 Å². The van der Waals surface area contributed by atoms with E-state index in [0.29, 0.717) is 46.9 Å². The highest BCUT2D eigenvalue weighted by Gasteiger charge is 2.42. The van der Waals surface area contributed by atoms with Crippen LogP contribution >= 0.6 is 11.6 Å². The number of dihydropyridines is 1. The SMILES string of the molecule is CC[C@H](C)OC(=O)C1=C(C)NC2=C(C(=O)C[C@@H](c3ccc(OC)c(OC)c3)C2)[C@@H]1c1ccc(Cl)c([N+](=O)[O-])c1. The lowest BCUT2D eigenvalue weighted by Gasteiger charge is -2.37. The highest BCUT2D eigenvalue weighted by Crippen LogP contribution is 2.47. The molecule has 0 radical (unpaired) electrons. The Morgan fingerprint density at radius 3 is 2.46 bits per heavy atom. The van der Waals surface area contributed by atoms with Gasteiger partial charge in [-0.05, 0) is 61.9 Å². The normalized spacial score (nSPS) is 19.7. The summed E-state index contributed by atoms with van der Waals surface area (Å²) in [5, 5.41) is 14.9. The molecule has 0 amide bonds. The van der Waals surface area contributed by atoms with Gasteiger partial charge >= 0.3 is 5.97 Å². The summed E-state index contributed by atoms with van der Waals surface area (Å²) in [4.78, 5) is 38.3. The predicted octanol–water partition coefficient (Wildman–Crippen LogP) is 5.97. The van der Waals surface area contributed by atoms with Gasteiger partial charge in [0.1, 0.15) is 5.02 Å². The molecule has 2 aromatic rings. The molecule has 1 N–H and O–H groups in total. The van der Waals surface area contributed by atoms with E-state index in [2.05, 4.69) is 5.32 Å². The maximum absolute atomic E-state index is 13.8. The topological polar surface area (TPSA) is 117 Å². The van der Waals surface area contributed by atoms with Crippen molar-refractivity contribution in [3.05, 3.63) is 85.2 Å². The molecule has 206 valence electrons. The van der Waals surface area contributed by atoms with Crippen molar-refractivity contribution >= 4 is 29.0 Å². The smallest absolute Gasteiger partial charge is 0.337 e.